The highest BCUT2D eigenvalue weighted by molar-refractivity contribution is 6.33. The number of phenols is 1. The summed E-state index contributed by atoms with van der Waals surface area (Å²) in [4.78, 5) is 11.8. The van der Waals surface area contributed by atoms with Crippen LogP contribution >= 0.6 is 11.6 Å². The van der Waals surface area contributed by atoms with Gasteiger partial charge in [-0.2, -0.15) is 0 Å². The SMILES string of the molecule is COCC(N)CCNC(=O)c1cc(O)ccc1Cl. The van der Waals surface area contributed by atoms with Gasteiger partial charge in [-0.1, -0.05) is 11.6 Å². The van der Waals surface area contributed by atoms with Crippen LogP contribution in [0, 0.1) is 0 Å². The number of benzene rings is 1. The Hall–Kier alpha value is -1.30. The normalized spacial score (nSPS) is 12.2. The summed E-state index contributed by atoms with van der Waals surface area (Å²) in [6, 6.07) is 4.11. The predicted molar refractivity (Wildman–Crippen MR) is 69.9 cm³/mol. The number of aromatic hydroxyl groups is 1. The minimum atomic E-state index is -0.333. The second kappa shape index (κ2) is 7.20. The molecule has 18 heavy (non-hydrogen) atoms. The molecule has 0 bridgehead atoms. The molecule has 0 fully saturated rings. The van der Waals surface area contributed by atoms with Crippen LogP contribution in [0.1, 0.15) is 16.8 Å². The van der Waals surface area contributed by atoms with Gasteiger partial charge in [-0.05, 0) is 24.6 Å². The van der Waals surface area contributed by atoms with Crippen molar-refractivity contribution < 1.29 is 14.6 Å². The molecule has 0 spiro atoms. The molecule has 0 aromatic heterocycles. The molecule has 1 unspecified atom stereocenters. The molecular weight excluding hydrogens is 256 g/mol. The number of nitrogens with one attached hydrogen (secondary N) is 1. The molecule has 0 heterocycles. The van der Waals surface area contributed by atoms with E-state index in [1.54, 1.807) is 7.11 Å². The number of hydrogen-bond acceptors (Lipinski definition) is 4. The number of amides is 1. The van der Waals surface area contributed by atoms with E-state index in [0.29, 0.717) is 24.6 Å². The van der Waals surface area contributed by atoms with Crippen molar-refractivity contribution in [1.82, 2.24) is 5.32 Å². The van der Waals surface area contributed by atoms with Gasteiger partial charge in [0.15, 0.2) is 0 Å². The first-order chi connectivity index (χ1) is 8.54. The smallest absolute Gasteiger partial charge is 0.252 e. The zero-order chi connectivity index (χ0) is 13.5. The summed E-state index contributed by atoms with van der Waals surface area (Å²) in [7, 11) is 1.57. The molecule has 1 aromatic rings. The first-order valence-corrected chi connectivity index (χ1v) is 5.93. The third-order valence-electron chi connectivity index (χ3n) is 2.38. The maximum Gasteiger partial charge on any atom is 0.252 e. The van der Waals surface area contributed by atoms with Gasteiger partial charge in [0.2, 0.25) is 0 Å². The quantitative estimate of drug-likeness (QED) is 0.725. The molecule has 1 amide bonds. The molecule has 6 heteroatoms. The first kappa shape index (κ1) is 14.8. The van der Waals surface area contributed by atoms with Crippen LogP contribution in [0.25, 0.3) is 0 Å². The van der Waals surface area contributed by atoms with Crippen molar-refractivity contribution in [3.8, 4) is 5.75 Å². The fraction of sp³-hybridized carbons (Fsp3) is 0.417. The summed E-state index contributed by atoms with van der Waals surface area (Å²) in [6.07, 6.45) is 0.607. The van der Waals surface area contributed by atoms with E-state index in [2.05, 4.69) is 5.32 Å². The topological polar surface area (TPSA) is 84.6 Å². The van der Waals surface area contributed by atoms with Crippen LogP contribution in [0.3, 0.4) is 0 Å². The maximum atomic E-state index is 11.8. The average molecular weight is 273 g/mol. The van der Waals surface area contributed by atoms with Gasteiger partial charge in [0, 0.05) is 19.7 Å². The Kier molecular flexibility index (Phi) is 5.91. The molecular formula is C12H17ClN2O3. The van der Waals surface area contributed by atoms with E-state index in [1.165, 1.54) is 18.2 Å². The van der Waals surface area contributed by atoms with E-state index in [4.69, 9.17) is 22.1 Å². The van der Waals surface area contributed by atoms with E-state index in [1.807, 2.05) is 0 Å². The number of methoxy groups -OCH3 is 1. The number of nitrogens with two attached hydrogens (primary N) is 1. The summed E-state index contributed by atoms with van der Waals surface area (Å²) in [5, 5.41) is 12.3. The predicted octanol–water partition coefficient (Wildman–Crippen LogP) is 1.14. The molecule has 0 aliphatic rings. The molecule has 0 saturated carbocycles. The highest BCUT2D eigenvalue weighted by Crippen LogP contribution is 2.20. The van der Waals surface area contributed by atoms with E-state index in [-0.39, 0.29) is 23.3 Å². The number of ether oxygens (including phenoxy) is 1. The van der Waals surface area contributed by atoms with Crippen LogP contribution < -0.4 is 11.1 Å². The molecule has 0 aliphatic carbocycles. The second-order valence-electron chi connectivity index (χ2n) is 3.92. The molecule has 0 radical (unpaired) electrons. The average Bonchev–Trinajstić information content (AvgIpc) is 2.32. The summed E-state index contributed by atoms with van der Waals surface area (Å²) >= 11 is 5.87. The maximum absolute atomic E-state index is 11.8. The largest absolute Gasteiger partial charge is 0.508 e. The lowest BCUT2D eigenvalue weighted by Gasteiger charge is -2.11. The molecule has 4 N–H and O–H groups in total. The Bertz CT molecular complexity index is 412. The fourth-order valence-corrected chi connectivity index (χ4v) is 1.65. The van der Waals surface area contributed by atoms with Crippen LogP contribution in [0.2, 0.25) is 5.02 Å². The molecule has 100 valence electrons. The summed E-state index contributed by atoms with van der Waals surface area (Å²) in [6.45, 7) is 0.873. The lowest BCUT2D eigenvalue weighted by atomic mass is 10.2. The number of hydrogen-bond donors (Lipinski definition) is 3. The lowest BCUT2D eigenvalue weighted by Crippen LogP contribution is -2.33. The van der Waals surface area contributed by atoms with Crippen LogP contribution in [-0.2, 0) is 4.74 Å². The molecule has 1 atom stereocenters. The van der Waals surface area contributed by atoms with Crippen molar-refractivity contribution in [2.75, 3.05) is 20.3 Å². The Labute approximate surface area is 111 Å². The number of carbonyl (C=O) groups is 1. The minimum absolute atomic E-state index is 0.000587. The van der Waals surface area contributed by atoms with Gasteiger partial charge in [-0.25, -0.2) is 0 Å². The molecule has 5 nitrogen and oxygen atoms in total. The van der Waals surface area contributed by atoms with E-state index < -0.39 is 0 Å². The van der Waals surface area contributed by atoms with Gasteiger partial charge in [-0.15, -0.1) is 0 Å². The Morgan fingerprint density at radius 1 is 1.61 bits per heavy atom. The third kappa shape index (κ3) is 4.52. The monoisotopic (exact) mass is 272 g/mol. The number of halogens is 1. The van der Waals surface area contributed by atoms with E-state index in [0.717, 1.165) is 0 Å². The molecule has 0 aliphatic heterocycles. The highest BCUT2D eigenvalue weighted by atomic mass is 35.5. The van der Waals surface area contributed by atoms with Gasteiger partial charge in [-0.3, -0.25) is 4.79 Å². The van der Waals surface area contributed by atoms with Crippen LogP contribution in [0.5, 0.6) is 5.75 Å². The number of phenolic OH excluding ortho intramolecular Hbond substituents is 1. The molecule has 1 aromatic carbocycles. The second-order valence-corrected chi connectivity index (χ2v) is 4.33. The highest BCUT2D eigenvalue weighted by Gasteiger charge is 2.11. The molecule has 1 rings (SSSR count). The molecule has 0 saturated heterocycles. The van der Waals surface area contributed by atoms with Gasteiger partial charge in [0.1, 0.15) is 5.75 Å². The summed E-state index contributed by atoms with van der Waals surface area (Å²) in [5.74, 6) is -0.332. The third-order valence-corrected chi connectivity index (χ3v) is 2.71. The van der Waals surface area contributed by atoms with Crippen molar-refractivity contribution in [3.05, 3.63) is 28.8 Å². The van der Waals surface area contributed by atoms with E-state index in [9.17, 15) is 9.90 Å². The summed E-state index contributed by atoms with van der Waals surface area (Å²) in [5.41, 5.74) is 5.97. The van der Waals surface area contributed by atoms with Crippen molar-refractivity contribution in [2.24, 2.45) is 5.73 Å². The fourth-order valence-electron chi connectivity index (χ4n) is 1.45. The Morgan fingerprint density at radius 3 is 3.00 bits per heavy atom. The van der Waals surface area contributed by atoms with Crippen molar-refractivity contribution in [2.45, 2.75) is 12.5 Å². The Morgan fingerprint density at radius 2 is 2.33 bits per heavy atom. The lowest BCUT2D eigenvalue weighted by molar-refractivity contribution is 0.0950. The van der Waals surface area contributed by atoms with Crippen molar-refractivity contribution in [1.29, 1.82) is 0 Å². The summed E-state index contributed by atoms with van der Waals surface area (Å²) < 4.78 is 4.89. The van der Waals surface area contributed by atoms with Gasteiger partial charge >= 0.3 is 0 Å². The zero-order valence-corrected chi connectivity index (χ0v) is 10.9. The number of rotatable bonds is 6. The first-order valence-electron chi connectivity index (χ1n) is 5.56. The van der Waals surface area contributed by atoms with Gasteiger partial charge < -0.3 is 20.9 Å². The van der Waals surface area contributed by atoms with Gasteiger partial charge in [0.05, 0.1) is 17.2 Å². The van der Waals surface area contributed by atoms with Crippen LogP contribution in [-0.4, -0.2) is 37.3 Å². The Balaban J connectivity index is 2.48. The van der Waals surface area contributed by atoms with Crippen molar-refractivity contribution in [3.63, 3.8) is 0 Å². The van der Waals surface area contributed by atoms with E-state index >= 15 is 0 Å². The van der Waals surface area contributed by atoms with Crippen LogP contribution in [0.15, 0.2) is 18.2 Å². The standard InChI is InChI=1S/C12H17ClN2O3/c1-18-7-8(14)4-5-15-12(17)10-6-9(16)2-3-11(10)13/h2-3,6,8,16H,4-5,7,14H2,1H3,(H,15,17). The zero-order valence-electron chi connectivity index (χ0n) is 10.1. The van der Waals surface area contributed by atoms with Gasteiger partial charge in [0.25, 0.3) is 5.91 Å². The van der Waals surface area contributed by atoms with Crippen LogP contribution in [0.4, 0.5) is 0 Å². The van der Waals surface area contributed by atoms with Crippen molar-refractivity contribution >= 4 is 17.5 Å². The minimum Gasteiger partial charge on any atom is -0.508 e. The number of carbonyl (C=O) groups excluding carboxylic acids is 1.